The van der Waals surface area contributed by atoms with E-state index < -0.39 is 5.97 Å². The number of carbonyl (C=O) groups is 1. The van der Waals surface area contributed by atoms with Crippen LogP contribution in [-0.2, 0) is 11.2 Å². The van der Waals surface area contributed by atoms with Crippen LogP contribution in [0.25, 0.3) is 11.0 Å². The van der Waals surface area contributed by atoms with Crippen LogP contribution >= 0.6 is 23.2 Å². The zero-order valence-electron chi connectivity index (χ0n) is 9.07. The molecule has 0 aliphatic heterocycles. The third kappa shape index (κ3) is 2.49. The molecule has 2 aromatic rings. The molecule has 0 aliphatic carbocycles. The number of rotatable bonds is 3. The molecule has 6 heteroatoms. The van der Waals surface area contributed by atoms with Gasteiger partial charge in [0, 0.05) is 17.0 Å². The van der Waals surface area contributed by atoms with Crippen molar-refractivity contribution in [3.05, 3.63) is 44.2 Å². The zero-order chi connectivity index (χ0) is 13.3. The van der Waals surface area contributed by atoms with Gasteiger partial charge in [-0.1, -0.05) is 23.2 Å². The summed E-state index contributed by atoms with van der Waals surface area (Å²) in [5.41, 5.74) is 0.246. The van der Waals surface area contributed by atoms with E-state index in [2.05, 4.69) is 0 Å². The maximum atomic E-state index is 12.1. The van der Waals surface area contributed by atoms with Gasteiger partial charge in [-0.2, -0.15) is 0 Å². The molecule has 4 nitrogen and oxygen atoms in total. The van der Waals surface area contributed by atoms with E-state index in [0.29, 0.717) is 10.6 Å². The summed E-state index contributed by atoms with van der Waals surface area (Å²) in [6.45, 7) is 0. The number of aryl methyl sites for hydroxylation is 1. The molecule has 0 unspecified atom stereocenters. The highest BCUT2D eigenvalue weighted by molar-refractivity contribution is 6.38. The second-order valence-corrected chi connectivity index (χ2v) is 4.59. The summed E-state index contributed by atoms with van der Waals surface area (Å²) >= 11 is 11.7. The summed E-state index contributed by atoms with van der Waals surface area (Å²) < 4.78 is 5.26. The van der Waals surface area contributed by atoms with Crippen LogP contribution in [0.1, 0.15) is 12.0 Å². The topological polar surface area (TPSA) is 67.5 Å². The second kappa shape index (κ2) is 5.00. The van der Waals surface area contributed by atoms with Gasteiger partial charge in [-0.15, -0.1) is 0 Å². The van der Waals surface area contributed by atoms with Crippen molar-refractivity contribution in [3.63, 3.8) is 0 Å². The Labute approximate surface area is 112 Å². The fourth-order valence-electron chi connectivity index (χ4n) is 1.62. The van der Waals surface area contributed by atoms with Crippen LogP contribution in [0, 0.1) is 0 Å². The third-order valence-electron chi connectivity index (χ3n) is 2.47. The Morgan fingerprint density at radius 3 is 2.72 bits per heavy atom. The van der Waals surface area contributed by atoms with Gasteiger partial charge >= 0.3 is 5.97 Å². The van der Waals surface area contributed by atoms with Crippen LogP contribution in [0.15, 0.2) is 27.6 Å². The van der Waals surface area contributed by atoms with Crippen molar-refractivity contribution in [2.75, 3.05) is 0 Å². The van der Waals surface area contributed by atoms with Crippen molar-refractivity contribution in [2.45, 2.75) is 12.8 Å². The van der Waals surface area contributed by atoms with Crippen LogP contribution in [0.3, 0.4) is 0 Å². The Kier molecular flexibility index (Phi) is 3.59. The lowest BCUT2D eigenvalue weighted by Gasteiger charge is -2.03. The number of hydrogen-bond donors (Lipinski definition) is 1. The molecule has 0 saturated heterocycles. The molecular formula is C12H8Cl2O4. The van der Waals surface area contributed by atoms with Gasteiger partial charge in [0.15, 0.2) is 11.0 Å². The van der Waals surface area contributed by atoms with E-state index in [1.165, 1.54) is 18.4 Å². The Hall–Kier alpha value is -1.52. The standard InChI is InChI=1S/C12H8Cl2O4/c13-7-3-8-11(17)6(1-2-10(15)16)5-18-12(8)9(14)4-7/h3-5H,1-2H2,(H,15,16). The molecule has 1 heterocycles. The summed E-state index contributed by atoms with van der Waals surface area (Å²) in [4.78, 5) is 22.6. The monoisotopic (exact) mass is 286 g/mol. The van der Waals surface area contributed by atoms with Crippen LogP contribution in [-0.4, -0.2) is 11.1 Å². The van der Waals surface area contributed by atoms with Crippen molar-refractivity contribution in [3.8, 4) is 0 Å². The zero-order valence-corrected chi connectivity index (χ0v) is 10.6. The maximum Gasteiger partial charge on any atom is 0.303 e. The molecule has 0 fully saturated rings. The number of fused-ring (bicyclic) bond motifs is 1. The normalized spacial score (nSPS) is 10.8. The second-order valence-electron chi connectivity index (χ2n) is 3.75. The van der Waals surface area contributed by atoms with Gasteiger partial charge < -0.3 is 9.52 Å². The van der Waals surface area contributed by atoms with Gasteiger partial charge in [0.05, 0.1) is 16.7 Å². The number of carboxylic acids is 1. The van der Waals surface area contributed by atoms with Crippen LogP contribution in [0.2, 0.25) is 10.0 Å². The predicted octanol–water partition coefficient (Wildman–Crippen LogP) is 3.12. The predicted molar refractivity (Wildman–Crippen MR) is 68.5 cm³/mol. The number of aliphatic carboxylic acids is 1. The molecule has 0 radical (unpaired) electrons. The first-order chi connectivity index (χ1) is 8.49. The van der Waals surface area contributed by atoms with Crippen molar-refractivity contribution in [2.24, 2.45) is 0 Å². The van der Waals surface area contributed by atoms with Crippen LogP contribution in [0.4, 0.5) is 0 Å². The third-order valence-corrected chi connectivity index (χ3v) is 2.97. The van der Waals surface area contributed by atoms with E-state index in [9.17, 15) is 9.59 Å². The van der Waals surface area contributed by atoms with Gasteiger partial charge in [0.25, 0.3) is 0 Å². The quantitative estimate of drug-likeness (QED) is 0.941. The first-order valence-electron chi connectivity index (χ1n) is 5.10. The Balaban J connectivity index is 2.57. The van der Waals surface area contributed by atoms with Gasteiger partial charge in [-0.3, -0.25) is 9.59 Å². The molecule has 0 spiro atoms. The molecular weight excluding hydrogens is 279 g/mol. The Bertz CT molecular complexity index is 676. The molecule has 0 amide bonds. The lowest BCUT2D eigenvalue weighted by Crippen LogP contribution is -2.10. The summed E-state index contributed by atoms with van der Waals surface area (Å²) in [6.07, 6.45) is 1.22. The minimum absolute atomic E-state index is 0.109. The molecule has 0 aliphatic rings. The largest absolute Gasteiger partial charge is 0.481 e. The van der Waals surface area contributed by atoms with Crippen LogP contribution in [0.5, 0.6) is 0 Å². The van der Waals surface area contributed by atoms with Crippen molar-refractivity contribution in [1.82, 2.24) is 0 Å². The number of benzene rings is 1. The fraction of sp³-hybridized carbons (Fsp3) is 0.167. The highest BCUT2D eigenvalue weighted by atomic mass is 35.5. The van der Waals surface area contributed by atoms with E-state index in [4.69, 9.17) is 32.7 Å². The Morgan fingerprint density at radius 1 is 1.33 bits per heavy atom. The SMILES string of the molecule is O=C(O)CCc1coc2c(Cl)cc(Cl)cc2c1=O. The van der Waals surface area contributed by atoms with Gasteiger partial charge in [-0.25, -0.2) is 0 Å². The maximum absolute atomic E-state index is 12.1. The summed E-state index contributed by atoms with van der Waals surface area (Å²) in [5, 5.41) is 9.43. The summed E-state index contributed by atoms with van der Waals surface area (Å²) in [6, 6.07) is 2.93. The molecule has 0 bridgehead atoms. The first kappa shape index (κ1) is 12.9. The van der Waals surface area contributed by atoms with Crippen molar-refractivity contribution < 1.29 is 14.3 Å². The minimum atomic E-state index is -0.973. The first-order valence-corrected chi connectivity index (χ1v) is 5.86. The summed E-state index contributed by atoms with van der Waals surface area (Å²) in [5.74, 6) is -0.973. The van der Waals surface area contributed by atoms with Crippen molar-refractivity contribution in [1.29, 1.82) is 0 Å². The van der Waals surface area contributed by atoms with E-state index in [1.54, 1.807) is 0 Å². The van der Waals surface area contributed by atoms with E-state index in [1.807, 2.05) is 0 Å². The molecule has 0 saturated carbocycles. The van der Waals surface area contributed by atoms with E-state index >= 15 is 0 Å². The smallest absolute Gasteiger partial charge is 0.303 e. The fourth-order valence-corrected chi connectivity index (χ4v) is 2.16. The molecule has 94 valence electrons. The molecule has 0 atom stereocenters. The van der Waals surface area contributed by atoms with Crippen LogP contribution < -0.4 is 5.43 Å². The van der Waals surface area contributed by atoms with Gasteiger partial charge in [0.1, 0.15) is 0 Å². The minimum Gasteiger partial charge on any atom is -0.481 e. The molecule has 1 aromatic carbocycles. The van der Waals surface area contributed by atoms with Gasteiger partial charge in [0.2, 0.25) is 0 Å². The Morgan fingerprint density at radius 2 is 2.06 bits per heavy atom. The molecule has 1 N–H and O–H groups in total. The molecule has 18 heavy (non-hydrogen) atoms. The number of halogens is 2. The number of hydrogen-bond acceptors (Lipinski definition) is 3. The lowest BCUT2D eigenvalue weighted by atomic mass is 10.1. The summed E-state index contributed by atoms with van der Waals surface area (Å²) in [7, 11) is 0. The van der Waals surface area contributed by atoms with E-state index in [-0.39, 0.29) is 34.3 Å². The van der Waals surface area contributed by atoms with Crippen molar-refractivity contribution >= 4 is 40.1 Å². The highest BCUT2D eigenvalue weighted by Crippen LogP contribution is 2.26. The molecule has 1 aromatic heterocycles. The number of carboxylic acid groups (broad SMARTS) is 1. The average molecular weight is 287 g/mol. The average Bonchev–Trinajstić information content (AvgIpc) is 2.29. The molecule has 2 rings (SSSR count). The highest BCUT2D eigenvalue weighted by Gasteiger charge is 2.11. The van der Waals surface area contributed by atoms with Gasteiger partial charge in [-0.05, 0) is 18.6 Å². The van der Waals surface area contributed by atoms with E-state index in [0.717, 1.165) is 0 Å². The lowest BCUT2D eigenvalue weighted by molar-refractivity contribution is -0.136.